The second kappa shape index (κ2) is 11.0. The highest BCUT2D eigenvalue weighted by Crippen LogP contribution is 2.36. The van der Waals surface area contributed by atoms with Gasteiger partial charge in [0.25, 0.3) is 21.8 Å². The van der Waals surface area contributed by atoms with Crippen LogP contribution in [0, 0.1) is 0 Å². The largest absolute Gasteiger partial charge is 0.493 e. The second-order valence-corrected chi connectivity index (χ2v) is 10.7. The molecule has 0 bridgehead atoms. The maximum absolute atomic E-state index is 12.9. The van der Waals surface area contributed by atoms with E-state index in [1.54, 1.807) is 43.4 Å². The van der Waals surface area contributed by atoms with Gasteiger partial charge in [-0.3, -0.25) is 19.6 Å². The zero-order chi connectivity index (χ0) is 30.2. The van der Waals surface area contributed by atoms with Gasteiger partial charge in [-0.15, -0.1) is 0 Å². The van der Waals surface area contributed by atoms with E-state index in [0.717, 1.165) is 0 Å². The predicted molar refractivity (Wildman–Crippen MR) is 155 cm³/mol. The fourth-order valence-corrected chi connectivity index (χ4v) is 5.86. The van der Waals surface area contributed by atoms with Crippen LogP contribution < -0.4 is 24.2 Å². The number of nitrogens with one attached hydrogen (secondary N) is 2. The number of ether oxygens (including phenoxy) is 3. The van der Waals surface area contributed by atoms with Crippen LogP contribution in [-0.4, -0.2) is 61.2 Å². The van der Waals surface area contributed by atoms with Crippen molar-refractivity contribution in [2.45, 2.75) is 11.3 Å². The van der Waals surface area contributed by atoms with E-state index in [1.165, 1.54) is 33.4 Å². The first-order chi connectivity index (χ1) is 20.1. The minimum Gasteiger partial charge on any atom is -0.493 e. The number of benzene rings is 3. The van der Waals surface area contributed by atoms with Crippen molar-refractivity contribution >= 4 is 51.1 Å². The molecular formula is C29H26N4O8S. The van der Waals surface area contributed by atoms with Crippen molar-refractivity contribution in [3.63, 3.8) is 0 Å². The van der Waals surface area contributed by atoms with E-state index in [2.05, 4.69) is 22.0 Å². The third-order valence-corrected chi connectivity index (χ3v) is 8.07. The Labute approximate surface area is 241 Å². The highest BCUT2D eigenvalue weighted by Gasteiger charge is 2.32. The molecule has 2 N–H and O–H groups in total. The highest BCUT2D eigenvalue weighted by atomic mass is 32.2. The van der Waals surface area contributed by atoms with Crippen molar-refractivity contribution in [1.29, 1.82) is 0 Å². The fraction of sp³-hybridized carbons (Fsp3) is 0.172. The third-order valence-electron chi connectivity index (χ3n) is 6.68. The lowest BCUT2D eigenvalue weighted by atomic mass is 10.0. The van der Waals surface area contributed by atoms with Gasteiger partial charge in [0.15, 0.2) is 11.5 Å². The third kappa shape index (κ3) is 4.94. The van der Waals surface area contributed by atoms with Crippen molar-refractivity contribution in [3.8, 4) is 17.2 Å². The molecule has 0 aliphatic carbocycles. The standard InChI is InChI=1S/C29H26N4O8S/c1-30-20-14-23(39-5)22(38-4)13-18(20)29(32-3)40-16-7-8-17-21(12-16)41-24(26(17)28(35)31-2)11-15-6-9-25-19(10-15)27(34)33-42(25,36)37/h6-10,12-14H,1,11H2,2-5H3,(H,31,35)(H,33,34). The van der Waals surface area contributed by atoms with E-state index < -0.39 is 15.9 Å². The Bertz CT molecular complexity index is 1910. The van der Waals surface area contributed by atoms with Gasteiger partial charge in [0.05, 0.1) is 36.6 Å². The van der Waals surface area contributed by atoms with Crippen LogP contribution >= 0.6 is 0 Å². The molecule has 3 aromatic carbocycles. The first kappa shape index (κ1) is 28.4. The second-order valence-electron chi connectivity index (χ2n) is 9.09. The summed E-state index contributed by atoms with van der Waals surface area (Å²) in [5.41, 5.74) is 2.27. The summed E-state index contributed by atoms with van der Waals surface area (Å²) in [5, 5.41) is 3.16. The molecule has 42 heavy (non-hydrogen) atoms. The quantitative estimate of drug-likeness (QED) is 0.233. The Hall–Kier alpha value is -5.17. The molecule has 0 fully saturated rings. The van der Waals surface area contributed by atoms with Crippen molar-refractivity contribution in [2.24, 2.45) is 9.98 Å². The van der Waals surface area contributed by atoms with E-state index in [9.17, 15) is 18.0 Å². The maximum Gasteiger partial charge on any atom is 0.266 e. The van der Waals surface area contributed by atoms with Crippen LogP contribution in [0.5, 0.6) is 17.2 Å². The van der Waals surface area contributed by atoms with E-state index in [4.69, 9.17) is 18.6 Å². The van der Waals surface area contributed by atoms with Crippen molar-refractivity contribution in [2.75, 3.05) is 28.3 Å². The van der Waals surface area contributed by atoms with Crippen molar-refractivity contribution < 1.29 is 36.6 Å². The van der Waals surface area contributed by atoms with Crippen LogP contribution in [0.2, 0.25) is 0 Å². The number of hydrogen-bond donors (Lipinski definition) is 2. The lowest BCUT2D eigenvalue weighted by molar-refractivity contribution is 0.0959. The molecule has 216 valence electrons. The van der Waals surface area contributed by atoms with Crippen LogP contribution in [0.1, 0.15) is 37.6 Å². The number of methoxy groups -OCH3 is 2. The molecule has 0 unspecified atom stereocenters. The molecular weight excluding hydrogens is 564 g/mol. The average Bonchev–Trinajstić information content (AvgIpc) is 3.46. The summed E-state index contributed by atoms with van der Waals surface area (Å²) >= 11 is 0. The molecule has 4 aromatic rings. The number of rotatable bonds is 8. The normalized spacial score (nSPS) is 13.8. The first-order valence-electron chi connectivity index (χ1n) is 12.5. The number of sulfonamides is 1. The van der Waals surface area contributed by atoms with Crippen LogP contribution in [0.3, 0.4) is 0 Å². The number of carbonyl (C=O) groups is 2. The summed E-state index contributed by atoms with van der Waals surface area (Å²) in [6.45, 7) is 3.63. The Kier molecular flexibility index (Phi) is 7.44. The highest BCUT2D eigenvalue weighted by molar-refractivity contribution is 7.90. The van der Waals surface area contributed by atoms with Gasteiger partial charge in [-0.1, -0.05) is 6.07 Å². The molecule has 13 heteroatoms. The number of carbonyl (C=O) groups excluding carboxylic acids is 2. The van der Waals surface area contributed by atoms with Crippen LogP contribution in [0.15, 0.2) is 67.8 Å². The Morgan fingerprint density at radius 1 is 1.07 bits per heavy atom. The summed E-state index contributed by atoms with van der Waals surface area (Å²) in [4.78, 5) is 33.3. The number of hydrogen-bond acceptors (Lipinski definition) is 10. The molecule has 2 heterocycles. The van der Waals surface area contributed by atoms with Gasteiger partial charge < -0.3 is 23.9 Å². The molecule has 1 aromatic heterocycles. The number of nitrogens with zero attached hydrogens (tertiary/aromatic N) is 2. The van der Waals surface area contributed by atoms with Gasteiger partial charge in [-0.05, 0) is 42.6 Å². The summed E-state index contributed by atoms with van der Waals surface area (Å²) in [7, 11) is 2.22. The van der Waals surface area contributed by atoms with Gasteiger partial charge in [-0.2, -0.15) is 0 Å². The summed E-state index contributed by atoms with van der Waals surface area (Å²) < 4.78 is 49.2. The topological polar surface area (TPSA) is 158 Å². The Balaban J connectivity index is 1.52. The molecule has 5 rings (SSSR count). The van der Waals surface area contributed by atoms with Crippen molar-refractivity contribution in [1.82, 2.24) is 10.0 Å². The molecule has 1 aliphatic heterocycles. The van der Waals surface area contributed by atoms with Gasteiger partial charge in [-0.25, -0.2) is 13.1 Å². The summed E-state index contributed by atoms with van der Waals surface area (Å²) in [6.07, 6.45) is 0.121. The first-order valence-corrected chi connectivity index (χ1v) is 14.0. The maximum atomic E-state index is 12.9. The monoisotopic (exact) mass is 590 g/mol. The van der Waals surface area contributed by atoms with Gasteiger partial charge in [0.1, 0.15) is 22.0 Å². The summed E-state index contributed by atoms with van der Waals surface area (Å²) in [6, 6.07) is 12.7. The van der Waals surface area contributed by atoms with Gasteiger partial charge >= 0.3 is 0 Å². The van der Waals surface area contributed by atoms with Crippen molar-refractivity contribution in [3.05, 3.63) is 76.5 Å². The smallest absolute Gasteiger partial charge is 0.266 e. The van der Waals surface area contributed by atoms with E-state index >= 15 is 0 Å². The van der Waals surface area contributed by atoms with E-state index in [1.807, 2.05) is 4.72 Å². The SMILES string of the molecule is C=Nc1cc(OC)c(OC)cc1C(=NC)Oc1ccc2c(C(=O)NC)c(Cc3ccc4c(c3)C(=O)NS4(=O)=O)oc2c1. The zero-order valence-corrected chi connectivity index (χ0v) is 23.9. The minimum absolute atomic E-state index is 0.0377. The Morgan fingerprint density at radius 2 is 1.81 bits per heavy atom. The molecule has 1 aliphatic rings. The lowest BCUT2D eigenvalue weighted by Gasteiger charge is -2.14. The summed E-state index contributed by atoms with van der Waals surface area (Å²) in [5.74, 6) is 0.761. The average molecular weight is 591 g/mol. The zero-order valence-electron chi connectivity index (χ0n) is 23.1. The number of aliphatic imine (C=N–C) groups is 2. The number of amides is 2. The number of furan rings is 1. The molecule has 2 amide bonds. The van der Waals surface area contributed by atoms with Crippen LogP contribution in [0.4, 0.5) is 5.69 Å². The van der Waals surface area contributed by atoms with Crippen LogP contribution in [-0.2, 0) is 16.4 Å². The molecule has 0 radical (unpaired) electrons. The molecule has 0 spiro atoms. The molecule has 0 saturated carbocycles. The number of fused-ring (bicyclic) bond motifs is 2. The van der Waals surface area contributed by atoms with Gasteiger partial charge in [0.2, 0.25) is 5.90 Å². The molecule has 0 atom stereocenters. The lowest BCUT2D eigenvalue weighted by Crippen LogP contribution is -2.20. The van der Waals surface area contributed by atoms with Crippen LogP contribution in [0.25, 0.3) is 11.0 Å². The molecule has 12 nitrogen and oxygen atoms in total. The fourth-order valence-electron chi connectivity index (χ4n) is 4.71. The van der Waals surface area contributed by atoms with E-state index in [-0.39, 0.29) is 28.7 Å². The minimum atomic E-state index is -3.87. The van der Waals surface area contributed by atoms with Gasteiger partial charge in [0, 0.05) is 38.0 Å². The predicted octanol–water partition coefficient (Wildman–Crippen LogP) is 3.62. The van der Waals surface area contributed by atoms with E-state index in [0.29, 0.717) is 56.4 Å². The molecule has 0 saturated heterocycles. The Morgan fingerprint density at radius 3 is 2.48 bits per heavy atom.